The van der Waals surface area contributed by atoms with Gasteiger partial charge in [0.05, 0.1) is 23.1 Å². The Morgan fingerprint density at radius 3 is 2.66 bits per heavy atom. The van der Waals surface area contributed by atoms with Crippen LogP contribution in [0.1, 0.15) is 52.5 Å². The number of benzene rings is 2. The van der Waals surface area contributed by atoms with Gasteiger partial charge < -0.3 is 10.6 Å². The molecule has 2 N–H and O–H groups in total. The summed E-state index contributed by atoms with van der Waals surface area (Å²) >= 11 is 0. The Labute approximate surface area is 172 Å². The highest BCUT2D eigenvalue weighted by atomic mass is 16.1. The predicted octanol–water partition coefficient (Wildman–Crippen LogP) is 3.75. The van der Waals surface area contributed by atoms with Crippen molar-refractivity contribution in [2.45, 2.75) is 45.7 Å². The van der Waals surface area contributed by atoms with E-state index in [-0.39, 0.29) is 17.9 Å². The molecule has 1 aliphatic heterocycles. The number of fused-ring (bicyclic) bond motifs is 1. The van der Waals surface area contributed by atoms with Gasteiger partial charge in [-0.1, -0.05) is 56.3 Å². The van der Waals surface area contributed by atoms with Gasteiger partial charge in [-0.2, -0.15) is 5.10 Å². The summed E-state index contributed by atoms with van der Waals surface area (Å²) in [5.74, 6) is 0.117. The van der Waals surface area contributed by atoms with Crippen molar-refractivity contribution in [3.63, 3.8) is 0 Å². The monoisotopic (exact) mass is 388 g/mol. The number of carbonyl (C=O) groups is 1. The van der Waals surface area contributed by atoms with Gasteiger partial charge in [0.1, 0.15) is 0 Å². The van der Waals surface area contributed by atoms with E-state index in [1.807, 2.05) is 22.9 Å². The summed E-state index contributed by atoms with van der Waals surface area (Å²) in [5, 5.41) is 11.2. The average molecular weight is 389 g/mol. The Balaban J connectivity index is 1.50. The highest BCUT2D eigenvalue weighted by molar-refractivity contribution is 5.95. The fourth-order valence-electron chi connectivity index (χ4n) is 4.06. The number of amides is 1. The number of hydrogen-bond acceptors (Lipinski definition) is 3. The summed E-state index contributed by atoms with van der Waals surface area (Å²) in [6.45, 7) is 7.71. The van der Waals surface area contributed by atoms with E-state index < -0.39 is 0 Å². The smallest absolute Gasteiger partial charge is 0.254 e. The third kappa shape index (κ3) is 3.96. The van der Waals surface area contributed by atoms with E-state index in [2.05, 4.69) is 66.8 Å². The number of aryl methyl sites for hydroxylation is 1. The maximum Gasteiger partial charge on any atom is 0.254 e. The van der Waals surface area contributed by atoms with Crippen LogP contribution in [0.2, 0.25) is 0 Å². The van der Waals surface area contributed by atoms with Crippen molar-refractivity contribution in [2.24, 2.45) is 0 Å². The number of para-hydroxylation sites is 1. The lowest BCUT2D eigenvalue weighted by Gasteiger charge is -2.26. The largest absolute Gasteiger partial charge is 0.350 e. The van der Waals surface area contributed by atoms with Crippen LogP contribution in [0.25, 0.3) is 5.69 Å². The Morgan fingerprint density at radius 2 is 1.90 bits per heavy atom. The maximum atomic E-state index is 13.0. The lowest BCUT2D eigenvalue weighted by molar-refractivity contribution is 0.0947. The number of aromatic nitrogens is 2. The van der Waals surface area contributed by atoms with E-state index >= 15 is 0 Å². The van der Waals surface area contributed by atoms with Crippen LogP contribution in [-0.2, 0) is 13.0 Å². The molecule has 29 heavy (non-hydrogen) atoms. The van der Waals surface area contributed by atoms with Gasteiger partial charge in [-0.15, -0.1) is 0 Å². The van der Waals surface area contributed by atoms with Crippen LogP contribution in [0.4, 0.5) is 0 Å². The van der Waals surface area contributed by atoms with Gasteiger partial charge in [0.15, 0.2) is 0 Å². The molecule has 5 nitrogen and oxygen atoms in total. The zero-order valence-electron chi connectivity index (χ0n) is 17.3. The minimum absolute atomic E-state index is 0.0609. The summed E-state index contributed by atoms with van der Waals surface area (Å²) in [5.41, 5.74) is 6.45. The van der Waals surface area contributed by atoms with Crippen LogP contribution in [0, 0.1) is 6.92 Å². The normalized spacial score (nSPS) is 15.9. The summed E-state index contributed by atoms with van der Waals surface area (Å²) in [6, 6.07) is 16.8. The van der Waals surface area contributed by atoms with E-state index in [1.54, 1.807) is 6.20 Å². The summed E-state index contributed by atoms with van der Waals surface area (Å²) in [6.07, 6.45) is 2.62. The Morgan fingerprint density at radius 1 is 1.17 bits per heavy atom. The molecule has 150 valence electrons. The number of rotatable bonds is 5. The maximum absolute atomic E-state index is 13.0. The molecule has 0 spiro atoms. The predicted molar refractivity (Wildman–Crippen MR) is 115 cm³/mol. The molecule has 0 aliphatic carbocycles. The Bertz CT molecular complexity index is 1020. The SMILES string of the molecule is Cc1ccccc1-n1ncc(C(=O)NCC2Cc3ccccc3CN2)c1C(C)C. The second-order valence-electron chi connectivity index (χ2n) is 8.06. The van der Waals surface area contributed by atoms with Gasteiger partial charge in [-0.3, -0.25) is 4.79 Å². The second-order valence-corrected chi connectivity index (χ2v) is 8.06. The van der Waals surface area contributed by atoms with E-state index in [4.69, 9.17) is 0 Å². The number of carbonyl (C=O) groups excluding carboxylic acids is 1. The van der Waals surface area contributed by atoms with Gasteiger partial charge in [0, 0.05) is 19.1 Å². The highest BCUT2D eigenvalue weighted by Gasteiger charge is 2.23. The minimum atomic E-state index is -0.0609. The molecule has 1 atom stereocenters. The molecule has 0 bridgehead atoms. The van der Waals surface area contributed by atoms with Crippen LogP contribution in [0.3, 0.4) is 0 Å². The van der Waals surface area contributed by atoms with Crippen molar-refractivity contribution >= 4 is 5.91 Å². The molecular formula is C24H28N4O. The first-order valence-electron chi connectivity index (χ1n) is 10.3. The molecule has 0 saturated heterocycles. The van der Waals surface area contributed by atoms with E-state index in [0.29, 0.717) is 12.1 Å². The fraction of sp³-hybridized carbons (Fsp3) is 0.333. The summed E-state index contributed by atoms with van der Waals surface area (Å²) in [7, 11) is 0. The molecule has 2 heterocycles. The van der Waals surface area contributed by atoms with Crippen molar-refractivity contribution < 1.29 is 4.79 Å². The van der Waals surface area contributed by atoms with Crippen LogP contribution in [0.5, 0.6) is 0 Å². The van der Waals surface area contributed by atoms with Crippen LogP contribution in [-0.4, -0.2) is 28.3 Å². The van der Waals surface area contributed by atoms with E-state index in [9.17, 15) is 4.79 Å². The first kappa shape index (κ1) is 19.4. The standard InChI is InChI=1S/C24H28N4O/c1-16(2)23-21(15-27-28(23)22-11-7-4-8-17(22)3)24(29)26-14-20-12-18-9-5-6-10-19(18)13-25-20/h4-11,15-16,20,25H,12-14H2,1-3H3,(H,26,29). The molecule has 1 aliphatic rings. The lowest BCUT2D eigenvalue weighted by atomic mass is 9.96. The molecule has 3 aromatic rings. The van der Waals surface area contributed by atoms with Crippen molar-refractivity contribution in [3.05, 3.63) is 82.7 Å². The molecule has 0 saturated carbocycles. The van der Waals surface area contributed by atoms with Gasteiger partial charge in [0.2, 0.25) is 0 Å². The van der Waals surface area contributed by atoms with Gasteiger partial charge >= 0.3 is 0 Å². The molecule has 4 rings (SSSR count). The first-order valence-corrected chi connectivity index (χ1v) is 10.3. The Hall–Kier alpha value is -2.92. The van der Waals surface area contributed by atoms with Gasteiger partial charge in [0.25, 0.3) is 5.91 Å². The molecule has 0 fully saturated rings. The Kier molecular flexibility index (Phi) is 5.49. The van der Waals surface area contributed by atoms with Crippen molar-refractivity contribution in [1.29, 1.82) is 0 Å². The first-order chi connectivity index (χ1) is 14.0. The van der Waals surface area contributed by atoms with Crippen LogP contribution in [0.15, 0.2) is 54.7 Å². The second kappa shape index (κ2) is 8.21. The van der Waals surface area contributed by atoms with Crippen LogP contribution >= 0.6 is 0 Å². The molecule has 1 aromatic heterocycles. The average Bonchev–Trinajstić information content (AvgIpc) is 3.17. The van der Waals surface area contributed by atoms with Crippen molar-refractivity contribution in [2.75, 3.05) is 6.54 Å². The molecule has 0 radical (unpaired) electrons. The van der Waals surface area contributed by atoms with Gasteiger partial charge in [-0.05, 0) is 42.0 Å². The fourth-order valence-corrected chi connectivity index (χ4v) is 4.06. The molecule has 1 unspecified atom stereocenters. The summed E-state index contributed by atoms with van der Waals surface area (Å²) < 4.78 is 1.91. The lowest BCUT2D eigenvalue weighted by Crippen LogP contribution is -2.44. The minimum Gasteiger partial charge on any atom is -0.350 e. The van der Waals surface area contributed by atoms with Crippen molar-refractivity contribution in [1.82, 2.24) is 20.4 Å². The zero-order chi connectivity index (χ0) is 20.4. The topological polar surface area (TPSA) is 59.0 Å². The van der Waals surface area contributed by atoms with Crippen molar-refractivity contribution in [3.8, 4) is 5.69 Å². The number of hydrogen-bond donors (Lipinski definition) is 2. The summed E-state index contributed by atoms with van der Waals surface area (Å²) in [4.78, 5) is 13.0. The molecule has 1 amide bonds. The number of nitrogens with zero attached hydrogens (tertiary/aromatic N) is 2. The van der Waals surface area contributed by atoms with Crippen LogP contribution < -0.4 is 10.6 Å². The molecular weight excluding hydrogens is 360 g/mol. The zero-order valence-corrected chi connectivity index (χ0v) is 17.3. The third-order valence-corrected chi connectivity index (χ3v) is 5.62. The molecule has 5 heteroatoms. The van der Waals surface area contributed by atoms with E-state index in [0.717, 1.165) is 29.9 Å². The third-order valence-electron chi connectivity index (χ3n) is 5.62. The van der Waals surface area contributed by atoms with E-state index in [1.165, 1.54) is 11.1 Å². The quantitative estimate of drug-likeness (QED) is 0.700. The number of nitrogens with one attached hydrogen (secondary N) is 2. The van der Waals surface area contributed by atoms with Gasteiger partial charge in [-0.25, -0.2) is 4.68 Å². The molecule has 2 aromatic carbocycles. The highest BCUT2D eigenvalue weighted by Crippen LogP contribution is 2.25.